The molecule has 2 aliphatic heterocycles. The SMILES string of the molecule is CN(C)Cc1ccc(Nc2c(C#N)cnc3c(Cl)cc(N[C@H](C4=CN(C5CCN(C(C)(C)C)CC5)NN4)c4ccc(Cl)cc4)cc23)cc1. The van der Waals surface area contributed by atoms with Gasteiger partial charge in [-0.3, -0.25) is 14.9 Å². The third-order valence-electron chi connectivity index (χ3n) is 9.01. The van der Waals surface area contributed by atoms with Crippen molar-refractivity contribution in [2.45, 2.75) is 57.8 Å². The van der Waals surface area contributed by atoms with Gasteiger partial charge in [-0.1, -0.05) is 47.5 Å². The monoisotopic (exact) mass is 683 g/mol. The van der Waals surface area contributed by atoms with E-state index in [1.54, 1.807) is 6.20 Å². The molecular formula is C37H43Cl2N9. The van der Waals surface area contributed by atoms with Gasteiger partial charge in [0, 0.05) is 65.4 Å². The predicted molar refractivity (Wildman–Crippen MR) is 197 cm³/mol. The summed E-state index contributed by atoms with van der Waals surface area (Å²) in [6, 6.07) is 22.4. The molecule has 0 unspecified atom stereocenters. The van der Waals surface area contributed by atoms with E-state index in [0.717, 1.165) is 60.5 Å². The first-order valence-corrected chi connectivity index (χ1v) is 17.1. The van der Waals surface area contributed by atoms with Gasteiger partial charge in [0.1, 0.15) is 6.07 Å². The fourth-order valence-electron chi connectivity index (χ4n) is 6.43. The number of benzene rings is 3. The lowest BCUT2D eigenvalue weighted by atomic mass is 9.98. The summed E-state index contributed by atoms with van der Waals surface area (Å²) in [5.74, 6) is 0. The highest BCUT2D eigenvalue weighted by Gasteiger charge is 2.32. The Morgan fingerprint density at radius 3 is 2.38 bits per heavy atom. The van der Waals surface area contributed by atoms with Crippen LogP contribution in [0.5, 0.6) is 0 Å². The predicted octanol–water partition coefficient (Wildman–Crippen LogP) is 7.80. The van der Waals surface area contributed by atoms with Crippen molar-refractivity contribution in [3.05, 3.63) is 105 Å². The molecule has 0 saturated carbocycles. The van der Waals surface area contributed by atoms with E-state index in [9.17, 15) is 5.26 Å². The number of rotatable bonds is 9. The van der Waals surface area contributed by atoms with E-state index in [0.29, 0.717) is 32.9 Å². The second kappa shape index (κ2) is 14.2. The third kappa shape index (κ3) is 7.64. The van der Waals surface area contributed by atoms with Gasteiger partial charge in [-0.25, -0.2) is 0 Å². The summed E-state index contributed by atoms with van der Waals surface area (Å²) in [5, 5.41) is 21.4. The smallest absolute Gasteiger partial charge is 0.103 e. The molecule has 0 aliphatic carbocycles. The van der Waals surface area contributed by atoms with E-state index in [4.69, 9.17) is 23.2 Å². The first-order chi connectivity index (χ1) is 23.0. The Morgan fingerprint density at radius 1 is 1.02 bits per heavy atom. The summed E-state index contributed by atoms with van der Waals surface area (Å²) < 4.78 is 0. The fraction of sp³-hybridized carbons (Fsp3) is 0.351. The number of pyridine rings is 1. The Bertz CT molecular complexity index is 1820. The van der Waals surface area contributed by atoms with Crippen LogP contribution in [0.4, 0.5) is 17.1 Å². The number of nitrogens with zero attached hydrogens (tertiary/aromatic N) is 5. The number of nitrogens with one attached hydrogen (secondary N) is 4. The van der Waals surface area contributed by atoms with Crippen LogP contribution in [0.1, 0.15) is 56.3 Å². The Labute approximate surface area is 293 Å². The van der Waals surface area contributed by atoms with Gasteiger partial charge in [-0.15, -0.1) is 5.53 Å². The summed E-state index contributed by atoms with van der Waals surface area (Å²) in [6.45, 7) is 9.79. The lowest BCUT2D eigenvalue weighted by molar-refractivity contribution is 0.0570. The molecule has 4 N–H and O–H groups in total. The number of nitriles is 1. The molecule has 6 rings (SSSR count). The van der Waals surface area contributed by atoms with Crippen molar-refractivity contribution in [3.63, 3.8) is 0 Å². The summed E-state index contributed by atoms with van der Waals surface area (Å²) in [6.07, 6.45) is 5.86. The Balaban J connectivity index is 1.31. The van der Waals surface area contributed by atoms with Crippen LogP contribution >= 0.6 is 23.2 Å². The zero-order valence-corrected chi connectivity index (χ0v) is 29.6. The molecule has 0 radical (unpaired) electrons. The highest BCUT2D eigenvalue weighted by atomic mass is 35.5. The maximum atomic E-state index is 10.1. The number of piperidine rings is 1. The second-order valence-corrected chi connectivity index (χ2v) is 14.7. The standard InChI is InChI=1S/C37H43Cl2N9/c1-37(2,3)47-16-14-30(15-17-47)48-23-33(44-45-48)35(25-8-10-27(38)11-9-25)43-29-18-31-34(26(20-40)21-41-36(31)32(39)19-29)42-28-12-6-24(7-13-28)22-46(4)5/h6-13,18-19,21,23,30,35,43-45H,14-17,22H2,1-5H3,(H,41,42)/t35-/m0/s1. The van der Waals surface area contributed by atoms with Crippen molar-refractivity contribution < 1.29 is 0 Å². The van der Waals surface area contributed by atoms with Gasteiger partial charge < -0.3 is 21.0 Å². The fourth-order valence-corrected chi connectivity index (χ4v) is 6.82. The van der Waals surface area contributed by atoms with Crippen molar-refractivity contribution >= 4 is 51.2 Å². The van der Waals surface area contributed by atoms with E-state index in [2.05, 4.69) is 86.6 Å². The third-order valence-corrected chi connectivity index (χ3v) is 9.55. The van der Waals surface area contributed by atoms with Crippen LogP contribution in [0.25, 0.3) is 10.9 Å². The number of aromatic nitrogens is 1. The number of likely N-dealkylation sites (tertiary alicyclic amines) is 1. The molecule has 1 fully saturated rings. The molecule has 0 bridgehead atoms. The Hall–Kier alpha value is -4.04. The average Bonchev–Trinajstić information content (AvgIpc) is 3.55. The molecule has 250 valence electrons. The molecule has 1 atom stereocenters. The number of hydrogen-bond donors (Lipinski definition) is 4. The zero-order valence-electron chi connectivity index (χ0n) is 28.1. The van der Waals surface area contributed by atoms with Crippen LogP contribution in [0.3, 0.4) is 0 Å². The van der Waals surface area contributed by atoms with Crippen LogP contribution in [0.2, 0.25) is 10.0 Å². The van der Waals surface area contributed by atoms with Gasteiger partial charge >= 0.3 is 0 Å². The molecule has 0 spiro atoms. The Kier molecular flexibility index (Phi) is 10.0. The Morgan fingerprint density at radius 2 is 1.73 bits per heavy atom. The van der Waals surface area contributed by atoms with Crippen molar-refractivity contribution in [1.82, 2.24) is 30.8 Å². The summed E-state index contributed by atoms with van der Waals surface area (Å²) in [5.41, 5.74) is 13.6. The lowest BCUT2D eigenvalue weighted by Gasteiger charge is -2.42. The molecule has 1 saturated heterocycles. The van der Waals surface area contributed by atoms with Crippen molar-refractivity contribution in [2.24, 2.45) is 0 Å². The van der Waals surface area contributed by atoms with Gasteiger partial charge in [-0.05, 0) is 95.2 Å². The molecule has 2 aliphatic rings. The normalized spacial score (nSPS) is 16.5. The topological polar surface area (TPSA) is 94.5 Å². The molecule has 48 heavy (non-hydrogen) atoms. The molecule has 3 heterocycles. The lowest BCUT2D eigenvalue weighted by Crippen LogP contribution is -2.52. The molecule has 9 nitrogen and oxygen atoms in total. The number of hydrazine groups is 2. The van der Waals surface area contributed by atoms with Gasteiger partial charge in [-0.2, -0.15) is 5.26 Å². The minimum Gasteiger partial charge on any atom is -0.373 e. The molecule has 0 amide bonds. The highest BCUT2D eigenvalue weighted by Crippen LogP contribution is 2.37. The van der Waals surface area contributed by atoms with Crippen LogP contribution < -0.4 is 21.6 Å². The highest BCUT2D eigenvalue weighted by molar-refractivity contribution is 6.36. The van der Waals surface area contributed by atoms with Crippen molar-refractivity contribution in [2.75, 3.05) is 37.8 Å². The van der Waals surface area contributed by atoms with Gasteiger partial charge in [0.2, 0.25) is 0 Å². The van der Waals surface area contributed by atoms with Crippen LogP contribution in [-0.2, 0) is 6.54 Å². The van der Waals surface area contributed by atoms with Crippen LogP contribution in [0, 0.1) is 11.3 Å². The first kappa shape index (κ1) is 33.8. The van der Waals surface area contributed by atoms with Gasteiger partial charge in [0.05, 0.1) is 33.5 Å². The van der Waals surface area contributed by atoms with Crippen LogP contribution in [-0.4, -0.2) is 58.6 Å². The van der Waals surface area contributed by atoms with Crippen molar-refractivity contribution in [3.8, 4) is 6.07 Å². The summed E-state index contributed by atoms with van der Waals surface area (Å²) in [7, 11) is 4.09. The number of anilines is 3. The van der Waals surface area contributed by atoms with Crippen molar-refractivity contribution in [1.29, 1.82) is 5.26 Å². The molecular weight excluding hydrogens is 641 g/mol. The quantitative estimate of drug-likeness (QED) is 0.141. The summed E-state index contributed by atoms with van der Waals surface area (Å²) >= 11 is 13.2. The van der Waals surface area contributed by atoms with E-state index in [1.807, 2.05) is 62.6 Å². The molecule has 4 aromatic rings. The maximum absolute atomic E-state index is 10.1. The van der Waals surface area contributed by atoms with E-state index in [1.165, 1.54) is 5.56 Å². The average molecular weight is 685 g/mol. The van der Waals surface area contributed by atoms with E-state index in [-0.39, 0.29) is 11.6 Å². The van der Waals surface area contributed by atoms with E-state index < -0.39 is 0 Å². The molecule has 11 heteroatoms. The number of halogens is 2. The zero-order chi connectivity index (χ0) is 34.0. The van der Waals surface area contributed by atoms with Crippen LogP contribution in [0.15, 0.2) is 78.8 Å². The number of fused-ring (bicyclic) bond motifs is 1. The van der Waals surface area contributed by atoms with Gasteiger partial charge in [0.15, 0.2) is 0 Å². The minimum atomic E-state index is -0.254. The van der Waals surface area contributed by atoms with E-state index >= 15 is 0 Å². The largest absolute Gasteiger partial charge is 0.373 e. The number of hydrogen-bond acceptors (Lipinski definition) is 9. The summed E-state index contributed by atoms with van der Waals surface area (Å²) in [4.78, 5) is 9.24. The molecule has 1 aromatic heterocycles. The maximum Gasteiger partial charge on any atom is 0.103 e. The minimum absolute atomic E-state index is 0.169. The molecule has 3 aromatic carbocycles. The second-order valence-electron chi connectivity index (χ2n) is 13.8. The van der Waals surface area contributed by atoms with Gasteiger partial charge in [0.25, 0.3) is 0 Å². The first-order valence-electron chi connectivity index (χ1n) is 16.3.